The fraction of sp³-hybridized carbons (Fsp3) is 0.346. The van der Waals surface area contributed by atoms with E-state index in [1.165, 1.54) is 11.1 Å². The van der Waals surface area contributed by atoms with Gasteiger partial charge in [-0.3, -0.25) is 14.6 Å². The molecule has 9 nitrogen and oxygen atoms in total. The lowest BCUT2D eigenvalue weighted by molar-refractivity contribution is -0.134. The molecular weight excluding hydrogens is 484 g/mol. The molecule has 3 aliphatic heterocycles. The average molecular weight is 505 g/mol. The lowest BCUT2D eigenvalue weighted by atomic mass is 9.66. The van der Waals surface area contributed by atoms with Crippen molar-refractivity contribution in [2.45, 2.75) is 37.1 Å². The number of halogens is 1. The van der Waals surface area contributed by atoms with Crippen LogP contribution in [0.2, 0.25) is 5.02 Å². The molecule has 3 fully saturated rings. The third-order valence-electron chi connectivity index (χ3n) is 7.70. The van der Waals surface area contributed by atoms with Crippen molar-refractivity contribution in [3.05, 3.63) is 59.4 Å². The zero-order valence-electron chi connectivity index (χ0n) is 19.2. The summed E-state index contributed by atoms with van der Waals surface area (Å²) in [5.41, 5.74) is -1.13. The van der Waals surface area contributed by atoms with Crippen LogP contribution < -0.4 is 9.64 Å². The number of hydrogen-bond donors (Lipinski definition) is 1. The third-order valence-corrected chi connectivity index (χ3v) is 7.92. The molecular formula is C26H21ClN4O5. The number of hydrogen-bond acceptors (Lipinski definition) is 8. The lowest BCUT2D eigenvalue weighted by Gasteiger charge is -2.33. The highest BCUT2D eigenvalue weighted by molar-refractivity contribution is 6.30. The van der Waals surface area contributed by atoms with Crippen molar-refractivity contribution in [1.29, 1.82) is 5.26 Å². The summed E-state index contributed by atoms with van der Waals surface area (Å²) in [6.07, 6.45) is 2.62. The van der Waals surface area contributed by atoms with Gasteiger partial charge in [0.2, 0.25) is 17.7 Å². The molecule has 3 saturated heterocycles. The van der Waals surface area contributed by atoms with Crippen molar-refractivity contribution in [1.82, 2.24) is 9.97 Å². The summed E-state index contributed by atoms with van der Waals surface area (Å²) >= 11 is 5.88. The molecule has 0 radical (unpaired) electrons. The Hall–Kier alpha value is -3.58. The summed E-state index contributed by atoms with van der Waals surface area (Å²) in [7, 11) is 0. The molecule has 182 valence electrons. The first-order valence-electron chi connectivity index (χ1n) is 11.6. The van der Waals surface area contributed by atoms with E-state index < -0.39 is 35.0 Å². The van der Waals surface area contributed by atoms with Crippen LogP contribution in [0.25, 0.3) is 10.9 Å². The van der Waals surface area contributed by atoms with Crippen LogP contribution in [0.1, 0.15) is 25.3 Å². The number of amides is 2. The maximum absolute atomic E-state index is 13.9. The van der Waals surface area contributed by atoms with Crippen LogP contribution in [-0.4, -0.2) is 50.8 Å². The second kappa shape index (κ2) is 7.96. The first-order chi connectivity index (χ1) is 17.3. The number of aromatic nitrogens is 2. The minimum Gasteiger partial charge on any atom is -0.478 e. The number of nitriles is 1. The van der Waals surface area contributed by atoms with Gasteiger partial charge in [0.05, 0.1) is 51.9 Å². The van der Waals surface area contributed by atoms with Gasteiger partial charge >= 0.3 is 0 Å². The minimum absolute atomic E-state index is 0.172. The van der Waals surface area contributed by atoms with E-state index in [0.717, 1.165) is 0 Å². The van der Waals surface area contributed by atoms with Gasteiger partial charge in [0.15, 0.2) is 0 Å². The standard InChI is InChI=1S/C26H21ClN4O5/c1-25-18(32)11-26(36-25,8-10-35-19-7-5-15(27)13-30-19)21-20(25)23(33)31(24(21)34)17-6-4-14(12-28)22-16(17)3-2-9-29-22/h2-7,9,13,18,20-21,32H,8,10-11H2,1H3/t18?,20-,21+,25-,26+/m1/s1. The van der Waals surface area contributed by atoms with Gasteiger partial charge in [-0.05, 0) is 37.3 Å². The molecule has 3 aromatic rings. The van der Waals surface area contributed by atoms with E-state index in [1.807, 2.05) is 0 Å². The summed E-state index contributed by atoms with van der Waals surface area (Å²) in [5.74, 6) is -2.06. The van der Waals surface area contributed by atoms with Gasteiger partial charge in [-0.1, -0.05) is 11.6 Å². The average Bonchev–Trinajstić information content (AvgIpc) is 3.41. The van der Waals surface area contributed by atoms with Crippen LogP contribution in [0.15, 0.2) is 48.8 Å². The predicted molar refractivity (Wildman–Crippen MR) is 128 cm³/mol. The Balaban J connectivity index is 1.35. The van der Waals surface area contributed by atoms with E-state index in [4.69, 9.17) is 21.1 Å². The van der Waals surface area contributed by atoms with Crippen LogP contribution in [0.5, 0.6) is 5.88 Å². The molecule has 36 heavy (non-hydrogen) atoms. The predicted octanol–water partition coefficient (Wildman–Crippen LogP) is 3.02. The fourth-order valence-electron chi connectivity index (χ4n) is 6.08. The number of carbonyl (C=O) groups excluding carboxylic acids is 2. The molecule has 2 amide bonds. The van der Waals surface area contributed by atoms with Crippen molar-refractivity contribution < 1.29 is 24.2 Å². The lowest BCUT2D eigenvalue weighted by Crippen LogP contribution is -2.49. The summed E-state index contributed by atoms with van der Waals surface area (Å²) in [6.45, 7) is 1.87. The molecule has 0 spiro atoms. The maximum atomic E-state index is 13.9. The number of nitrogens with zero attached hydrogens (tertiary/aromatic N) is 4. The van der Waals surface area contributed by atoms with E-state index in [1.54, 1.807) is 49.5 Å². The Morgan fingerprint density at radius 2 is 2.03 bits per heavy atom. The third kappa shape index (κ3) is 3.08. The van der Waals surface area contributed by atoms with E-state index in [9.17, 15) is 20.0 Å². The van der Waals surface area contributed by atoms with Crippen LogP contribution in [0.4, 0.5) is 5.69 Å². The summed E-state index contributed by atoms with van der Waals surface area (Å²) in [6, 6.07) is 12.0. The van der Waals surface area contributed by atoms with Crippen molar-refractivity contribution in [2.24, 2.45) is 11.8 Å². The highest BCUT2D eigenvalue weighted by atomic mass is 35.5. The molecule has 0 saturated carbocycles. The molecule has 1 aromatic carbocycles. The largest absolute Gasteiger partial charge is 0.478 e. The second-order valence-corrected chi connectivity index (χ2v) is 10.0. The summed E-state index contributed by atoms with van der Waals surface area (Å²) in [5, 5.41) is 21.4. The Morgan fingerprint density at radius 1 is 1.22 bits per heavy atom. The quantitative estimate of drug-likeness (QED) is 0.525. The van der Waals surface area contributed by atoms with E-state index in [0.29, 0.717) is 33.1 Å². The first kappa shape index (κ1) is 22.9. The number of imide groups is 1. The number of fused-ring (bicyclic) bond motifs is 6. The topological polar surface area (TPSA) is 126 Å². The van der Waals surface area contributed by atoms with Gasteiger partial charge in [0.25, 0.3) is 0 Å². The monoisotopic (exact) mass is 504 g/mol. The van der Waals surface area contributed by atoms with Crippen molar-refractivity contribution >= 4 is 40.0 Å². The zero-order chi connectivity index (χ0) is 25.2. The Morgan fingerprint density at radius 3 is 2.78 bits per heavy atom. The fourth-order valence-corrected chi connectivity index (χ4v) is 6.19. The zero-order valence-corrected chi connectivity index (χ0v) is 20.0. The normalized spacial score (nSPS) is 30.6. The molecule has 5 heterocycles. The van der Waals surface area contributed by atoms with E-state index in [-0.39, 0.29) is 25.4 Å². The molecule has 2 aromatic heterocycles. The number of ether oxygens (including phenoxy) is 2. The molecule has 5 atom stereocenters. The van der Waals surface area contributed by atoms with E-state index in [2.05, 4.69) is 16.0 Å². The Labute approximate surface area is 211 Å². The molecule has 6 rings (SSSR count). The second-order valence-electron chi connectivity index (χ2n) is 9.59. The number of carbonyl (C=O) groups is 2. The van der Waals surface area contributed by atoms with Crippen molar-refractivity contribution in [2.75, 3.05) is 11.5 Å². The highest BCUT2D eigenvalue weighted by Gasteiger charge is 2.77. The van der Waals surface area contributed by atoms with Crippen LogP contribution >= 0.6 is 11.6 Å². The van der Waals surface area contributed by atoms with E-state index >= 15 is 0 Å². The number of rotatable bonds is 5. The number of aliphatic hydroxyl groups excluding tert-OH is 1. The molecule has 1 unspecified atom stereocenters. The van der Waals surface area contributed by atoms with Gasteiger partial charge in [-0.25, -0.2) is 9.88 Å². The highest BCUT2D eigenvalue weighted by Crippen LogP contribution is 2.62. The minimum atomic E-state index is -1.20. The number of aliphatic hydroxyl groups is 1. The van der Waals surface area contributed by atoms with Crippen LogP contribution in [-0.2, 0) is 14.3 Å². The van der Waals surface area contributed by atoms with Gasteiger partial charge < -0.3 is 14.6 Å². The van der Waals surface area contributed by atoms with Crippen molar-refractivity contribution in [3.8, 4) is 11.9 Å². The summed E-state index contributed by atoms with van der Waals surface area (Å²) in [4.78, 5) is 37.3. The van der Waals surface area contributed by atoms with Crippen LogP contribution in [0.3, 0.4) is 0 Å². The number of benzene rings is 1. The number of anilines is 1. The Kier molecular flexibility index (Phi) is 5.06. The number of pyridine rings is 2. The van der Waals surface area contributed by atoms with Gasteiger partial charge in [-0.2, -0.15) is 5.26 Å². The van der Waals surface area contributed by atoms with Gasteiger partial charge in [-0.15, -0.1) is 0 Å². The molecule has 1 N–H and O–H groups in total. The smallest absolute Gasteiger partial charge is 0.240 e. The molecule has 2 bridgehead atoms. The van der Waals surface area contributed by atoms with Crippen LogP contribution in [0, 0.1) is 23.2 Å². The summed E-state index contributed by atoms with van der Waals surface area (Å²) < 4.78 is 12.1. The molecule has 0 aliphatic carbocycles. The molecule has 10 heteroatoms. The van der Waals surface area contributed by atoms with Gasteiger partial charge in [0, 0.05) is 36.7 Å². The van der Waals surface area contributed by atoms with Crippen molar-refractivity contribution in [3.63, 3.8) is 0 Å². The first-order valence-corrected chi connectivity index (χ1v) is 11.9. The maximum Gasteiger partial charge on any atom is 0.240 e. The SMILES string of the molecule is C[C@@]12O[C@@](CCOc3ccc(Cl)cn3)(CC1O)[C@@H]1C(=O)N(c3ccc(C#N)c4ncccc34)C(=O)[C@@H]12. The van der Waals surface area contributed by atoms with Gasteiger partial charge in [0.1, 0.15) is 11.7 Å². The Bertz CT molecular complexity index is 1460. The molecule has 3 aliphatic rings.